The number of nitrogens with zero attached hydrogens (tertiary/aromatic N) is 1. The Labute approximate surface area is 98.4 Å². The third-order valence-corrected chi connectivity index (χ3v) is 3.43. The lowest BCUT2D eigenvalue weighted by Crippen LogP contribution is -2.46. The SMILES string of the molecule is CC(N)(CN1CCCCC1)c1ccccc1. The summed E-state index contributed by atoms with van der Waals surface area (Å²) in [6.07, 6.45) is 4.03. The molecule has 0 amide bonds. The summed E-state index contributed by atoms with van der Waals surface area (Å²) in [5.41, 5.74) is 7.44. The molecule has 0 bridgehead atoms. The molecule has 2 N–H and O–H groups in total. The Morgan fingerprint density at radius 3 is 2.38 bits per heavy atom. The highest BCUT2D eigenvalue weighted by Crippen LogP contribution is 2.20. The molecular weight excluding hydrogens is 196 g/mol. The quantitative estimate of drug-likeness (QED) is 0.844. The summed E-state index contributed by atoms with van der Waals surface area (Å²) in [5.74, 6) is 0. The van der Waals surface area contributed by atoms with Gasteiger partial charge in [0.1, 0.15) is 0 Å². The van der Waals surface area contributed by atoms with Gasteiger partial charge in [-0.3, -0.25) is 0 Å². The predicted molar refractivity (Wildman–Crippen MR) is 68.3 cm³/mol. The van der Waals surface area contributed by atoms with Gasteiger partial charge in [-0.1, -0.05) is 36.8 Å². The van der Waals surface area contributed by atoms with Gasteiger partial charge in [0, 0.05) is 6.54 Å². The Balaban J connectivity index is 2.01. The molecule has 0 aromatic heterocycles. The molecule has 1 aliphatic rings. The van der Waals surface area contributed by atoms with Crippen molar-refractivity contribution in [3.8, 4) is 0 Å². The zero-order valence-electron chi connectivity index (χ0n) is 10.2. The molecule has 0 aliphatic carbocycles. The number of benzene rings is 1. The first-order valence-corrected chi connectivity index (χ1v) is 6.25. The van der Waals surface area contributed by atoms with E-state index in [2.05, 4.69) is 36.1 Å². The monoisotopic (exact) mass is 218 g/mol. The molecule has 16 heavy (non-hydrogen) atoms. The summed E-state index contributed by atoms with van der Waals surface area (Å²) >= 11 is 0. The third-order valence-electron chi connectivity index (χ3n) is 3.43. The molecule has 1 fully saturated rings. The van der Waals surface area contributed by atoms with Gasteiger partial charge < -0.3 is 10.6 Å². The first-order chi connectivity index (χ1) is 7.68. The Kier molecular flexibility index (Phi) is 3.62. The van der Waals surface area contributed by atoms with Crippen LogP contribution in [0.2, 0.25) is 0 Å². The smallest absolute Gasteiger partial charge is 0.0509 e. The van der Waals surface area contributed by atoms with Crippen molar-refractivity contribution in [1.29, 1.82) is 0 Å². The van der Waals surface area contributed by atoms with Crippen LogP contribution in [0.15, 0.2) is 30.3 Å². The highest BCUT2D eigenvalue weighted by molar-refractivity contribution is 5.23. The van der Waals surface area contributed by atoms with Crippen LogP contribution in [0.3, 0.4) is 0 Å². The van der Waals surface area contributed by atoms with Gasteiger partial charge >= 0.3 is 0 Å². The number of hydrogen-bond acceptors (Lipinski definition) is 2. The standard InChI is InChI=1S/C14H22N2/c1-14(15,13-8-4-2-5-9-13)12-16-10-6-3-7-11-16/h2,4-5,8-9H,3,6-7,10-12,15H2,1H3. The summed E-state index contributed by atoms with van der Waals surface area (Å²) in [7, 11) is 0. The molecule has 1 aliphatic heterocycles. The van der Waals surface area contributed by atoms with Crippen LogP contribution in [-0.4, -0.2) is 24.5 Å². The Bertz CT molecular complexity index is 313. The molecule has 0 spiro atoms. The minimum absolute atomic E-state index is 0.224. The van der Waals surface area contributed by atoms with E-state index in [4.69, 9.17) is 5.73 Å². The van der Waals surface area contributed by atoms with Crippen molar-refractivity contribution in [1.82, 2.24) is 4.90 Å². The molecule has 1 saturated heterocycles. The van der Waals surface area contributed by atoms with Gasteiger partial charge in [-0.05, 0) is 38.4 Å². The second kappa shape index (κ2) is 4.98. The molecule has 0 saturated carbocycles. The van der Waals surface area contributed by atoms with Crippen molar-refractivity contribution in [3.05, 3.63) is 35.9 Å². The Morgan fingerprint density at radius 1 is 1.12 bits per heavy atom. The number of piperidine rings is 1. The number of nitrogens with two attached hydrogens (primary N) is 1. The molecule has 1 aromatic rings. The molecular formula is C14H22N2. The highest BCUT2D eigenvalue weighted by atomic mass is 15.1. The van der Waals surface area contributed by atoms with Crippen molar-refractivity contribution in [2.24, 2.45) is 5.73 Å². The summed E-state index contributed by atoms with van der Waals surface area (Å²) in [5, 5.41) is 0. The van der Waals surface area contributed by atoms with Crippen molar-refractivity contribution in [2.45, 2.75) is 31.7 Å². The van der Waals surface area contributed by atoms with Crippen LogP contribution < -0.4 is 5.73 Å². The molecule has 2 heteroatoms. The molecule has 2 nitrogen and oxygen atoms in total. The van der Waals surface area contributed by atoms with Crippen LogP contribution >= 0.6 is 0 Å². The van der Waals surface area contributed by atoms with Crippen LogP contribution in [0.1, 0.15) is 31.7 Å². The zero-order valence-corrected chi connectivity index (χ0v) is 10.2. The minimum atomic E-state index is -0.224. The lowest BCUT2D eigenvalue weighted by Gasteiger charge is -2.35. The molecule has 1 atom stereocenters. The van der Waals surface area contributed by atoms with E-state index in [1.807, 2.05) is 6.07 Å². The summed E-state index contributed by atoms with van der Waals surface area (Å²) < 4.78 is 0. The fourth-order valence-corrected chi connectivity index (χ4v) is 2.49. The lowest BCUT2D eigenvalue weighted by molar-refractivity contribution is 0.185. The average molecular weight is 218 g/mol. The molecule has 88 valence electrons. The van der Waals surface area contributed by atoms with Gasteiger partial charge in [0.05, 0.1) is 5.54 Å². The largest absolute Gasteiger partial charge is 0.321 e. The van der Waals surface area contributed by atoms with Crippen molar-refractivity contribution in [2.75, 3.05) is 19.6 Å². The first kappa shape index (κ1) is 11.6. The molecule has 0 radical (unpaired) electrons. The maximum atomic E-state index is 6.43. The molecule has 1 unspecified atom stereocenters. The fourth-order valence-electron chi connectivity index (χ4n) is 2.49. The maximum absolute atomic E-state index is 6.43. The van der Waals surface area contributed by atoms with Gasteiger partial charge in [-0.25, -0.2) is 0 Å². The number of rotatable bonds is 3. The number of hydrogen-bond donors (Lipinski definition) is 1. The van der Waals surface area contributed by atoms with Crippen LogP contribution in [0.5, 0.6) is 0 Å². The van der Waals surface area contributed by atoms with E-state index in [1.54, 1.807) is 0 Å². The molecule has 1 heterocycles. The fraction of sp³-hybridized carbons (Fsp3) is 0.571. The van der Waals surface area contributed by atoms with E-state index in [0.29, 0.717) is 0 Å². The van der Waals surface area contributed by atoms with Crippen molar-refractivity contribution < 1.29 is 0 Å². The molecule has 1 aromatic carbocycles. The normalized spacial score (nSPS) is 21.6. The second-order valence-electron chi connectivity index (χ2n) is 5.12. The predicted octanol–water partition coefficient (Wildman–Crippen LogP) is 2.35. The van der Waals surface area contributed by atoms with Crippen LogP contribution in [0.25, 0.3) is 0 Å². The Hall–Kier alpha value is -0.860. The minimum Gasteiger partial charge on any atom is -0.321 e. The van der Waals surface area contributed by atoms with E-state index in [1.165, 1.54) is 37.9 Å². The Morgan fingerprint density at radius 2 is 1.75 bits per heavy atom. The summed E-state index contributed by atoms with van der Waals surface area (Å²) in [6, 6.07) is 10.4. The van der Waals surface area contributed by atoms with Crippen molar-refractivity contribution in [3.63, 3.8) is 0 Å². The summed E-state index contributed by atoms with van der Waals surface area (Å²) in [6.45, 7) is 5.52. The van der Waals surface area contributed by atoms with Gasteiger partial charge in [-0.2, -0.15) is 0 Å². The zero-order chi connectivity index (χ0) is 11.4. The lowest BCUT2D eigenvalue weighted by atomic mass is 9.92. The van der Waals surface area contributed by atoms with Gasteiger partial charge in [0.2, 0.25) is 0 Å². The van der Waals surface area contributed by atoms with E-state index in [9.17, 15) is 0 Å². The van der Waals surface area contributed by atoms with Gasteiger partial charge in [-0.15, -0.1) is 0 Å². The summed E-state index contributed by atoms with van der Waals surface area (Å²) in [4.78, 5) is 2.50. The van der Waals surface area contributed by atoms with Crippen LogP contribution in [0, 0.1) is 0 Å². The van der Waals surface area contributed by atoms with E-state index in [-0.39, 0.29) is 5.54 Å². The van der Waals surface area contributed by atoms with Gasteiger partial charge in [0.25, 0.3) is 0 Å². The average Bonchev–Trinajstić information content (AvgIpc) is 2.31. The van der Waals surface area contributed by atoms with E-state index >= 15 is 0 Å². The second-order valence-corrected chi connectivity index (χ2v) is 5.12. The van der Waals surface area contributed by atoms with Gasteiger partial charge in [0.15, 0.2) is 0 Å². The highest BCUT2D eigenvalue weighted by Gasteiger charge is 2.24. The van der Waals surface area contributed by atoms with Crippen LogP contribution in [-0.2, 0) is 5.54 Å². The van der Waals surface area contributed by atoms with Crippen LogP contribution in [0.4, 0.5) is 0 Å². The topological polar surface area (TPSA) is 29.3 Å². The maximum Gasteiger partial charge on any atom is 0.0509 e. The molecule has 2 rings (SSSR count). The first-order valence-electron chi connectivity index (χ1n) is 6.25. The van der Waals surface area contributed by atoms with E-state index < -0.39 is 0 Å². The van der Waals surface area contributed by atoms with Crippen molar-refractivity contribution >= 4 is 0 Å². The van der Waals surface area contributed by atoms with E-state index in [0.717, 1.165) is 6.54 Å². The third kappa shape index (κ3) is 2.83. The number of likely N-dealkylation sites (tertiary alicyclic amines) is 1.